The fourth-order valence-electron chi connectivity index (χ4n) is 1.02. The third kappa shape index (κ3) is 7.69. The number of halogens is 3. The van der Waals surface area contributed by atoms with Crippen LogP contribution in [0.25, 0.3) is 0 Å². The number of carboxylic acids is 1. The van der Waals surface area contributed by atoms with Crippen LogP contribution >= 0.6 is 11.6 Å². The maximum Gasteiger partial charge on any atom is 0.335 e. The minimum atomic E-state index is -1.34. The van der Waals surface area contributed by atoms with Gasteiger partial charge >= 0.3 is 5.97 Å². The first-order valence-electron chi connectivity index (χ1n) is 5.26. The third-order valence-electron chi connectivity index (χ3n) is 1.85. The molecule has 2 nitrogen and oxygen atoms in total. The summed E-state index contributed by atoms with van der Waals surface area (Å²) in [4.78, 5) is 10.2. The van der Waals surface area contributed by atoms with Crippen LogP contribution in [0.15, 0.2) is 18.2 Å². The Morgan fingerprint density at radius 3 is 2.06 bits per heavy atom. The van der Waals surface area contributed by atoms with Crippen molar-refractivity contribution in [3.05, 3.63) is 35.4 Å². The number of alkyl halides is 1. The highest BCUT2D eigenvalue weighted by Gasteiger charge is 2.05. The molecule has 1 N–H and O–H groups in total. The molecule has 1 aromatic rings. The first-order valence-corrected chi connectivity index (χ1v) is 5.80. The van der Waals surface area contributed by atoms with Gasteiger partial charge in [-0.15, -0.1) is 11.6 Å². The number of aromatic carboxylic acids is 1. The van der Waals surface area contributed by atoms with Crippen LogP contribution in [-0.2, 0) is 0 Å². The quantitative estimate of drug-likeness (QED) is 0.657. The van der Waals surface area contributed by atoms with E-state index in [4.69, 9.17) is 16.7 Å². The lowest BCUT2D eigenvalue weighted by Crippen LogP contribution is -1.97. The summed E-state index contributed by atoms with van der Waals surface area (Å²) in [5.74, 6) is -2.29. The van der Waals surface area contributed by atoms with Gasteiger partial charge in [0.1, 0.15) is 11.6 Å². The van der Waals surface area contributed by atoms with Crippen LogP contribution in [0.4, 0.5) is 8.78 Å². The molecule has 0 saturated carbocycles. The standard InChI is InChI=1S/C7H4F2O2.C5H11Cl/c8-5-1-4(7(10)11)2-6(9)3-5;1-2-3-4-5-6/h1-3H,(H,10,11);2-5H2,1H3. The van der Waals surface area contributed by atoms with Gasteiger partial charge in [-0.25, -0.2) is 13.6 Å². The van der Waals surface area contributed by atoms with E-state index in [1.165, 1.54) is 19.3 Å². The molecule has 0 spiro atoms. The summed E-state index contributed by atoms with van der Waals surface area (Å²) in [6, 6.07) is 2.13. The van der Waals surface area contributed by atoms with Crippen LogP contribution in [0.1, 0.15) is 36.5 Å². The predicted molar refractivity (Wildman–Crippen MR) is 63.6 cm³/mol. The van der Waals surface area contributed by atoms with Crippen molar-refractivity contribution in [2.24, 2.45) is 0 Å². The maximum absolute atomic E-state index is 12.3. The van der Waals surface area contributed by atoms with Gasteiger partial charge in [0.15, 0.2) is 0 Å². The van der Waals surface area contributed by atoms with Gasteiger partial charge in [0.2, 0.25) is 0 Å². The second kappa shape index (κ2) is 8.93. The number of benzene rings is 1. The fourth-order valence-corrected chi connectivity index (χ4v) is 1.21. The molecule has 0 aliphatic rings. The van der Waals surface area contributed by atoms with Crippen molar-refractivity contribution in [2.75, 3.05) is 5.88 Å². The average Bonchev–Trinajstić information content (AvgIpc) is 2.26. The van der Waals surface area contributed by atoms with Crippen LogP contribution in [0.2, 0.25) is 0 Å². The summed E-state index contributed by atoms with van der Waals surface area (Å²) in [7, 11) is 0. The Morgan fingerprint density at radius 1 is 1.24 bits per heavy atom. The van der Waals surface area contributed by atoms with E-state index >= 15 is 0 Å². The molecule has 0 aliphatic carbocycles. The molecule has 5 heteroatoms. The van der Waals surface area contributed by atoms with Gasteiger partial charge in [0.05, 0.1) is 5.56 Å². The lowest BCUT2D eigenvalue weighted by molar-refractivity contribution is 0.0695. The molecule has 0 aliphatic heterocycles. The molecule has 0 saturated heterocycles. The Kier molecular flexibility index (Phi) is 8.32. The molecule has 0 radical (unpaired) electrons. The van der Waals surface area contributed by atoms with Gasteiger partial charge in [0, 0.05) is 11.9 Å². The van der Waals surface area contributed by atoms with Crippen molar-refractivity contribution in [3.63, 3.8) is 0 Å². The molecule has 1 rings (SSSR count). The molecule has 0 unspecified atom stereocenters. The second-order valence-electron chi connectivity index (χ2n) is 3.36. The molecule has 0 heterocycles. The Labute approximate surface area is 104 Å². The van der Waals surface area contributed by atoms with Gasteiger partial charge in [-0.05, 0) is 18.6 Å². The Morgan fingerprint density at radius 2 is 1.76 bits per heavy atom. The number of hydrogen-bond acceptors (Lipinski definition) is 1. The average molecular weight is 265 g/mol. The molecule has 0 atom stereocenters. The molecule has 0 aromatic heterocycles. The Balaban J connectivity index is 0.000000366. The summed E-state index contributed by atoms with van der Waals surface area (Å²) >= 11 is 5.38. The summed E-state index contributed by atoms with van der Waals surface area (Å²) in [6.45, 7) is 2.17. The summed E-state index contributed by atoms with van der Waals surface area (Å²) < 4.78 is 24.6. The van der Waals surface area contributed by atoms with Gasteiger partial charge < -0.3 is 5.11 Å². The van der Waals surface area contributed by atoms with E-state index in [0.717, 1.165) is 18.0 Å². The molecule has 0 fully saturated rings. The van der Waals surface area contributed by atoms with Crippen LogP contribution in [0, 0.1) is 11.6 Å². The van der Waals surface area contributed by atoms with Crippen molar-refractivity contribution >= 4 is 17.6 Å². The SMILES string of the molecule is CCCCCCl.O=C(O)c1cc(F)cc(F)c1. The zero-order valence-electron chi connectivity index (χ0n) is 9.55. The minimum absolute atomic E-state index is 0.387. The van der Waals surface area contributed by atoms with Crippen molar-refractivity contribution in [1.82, 2.24) is 0 Å². The highest BCUT2D eigenvalue weighted by atomic mass is 35.5. The van der Waals surface area contributed by atoms with Gasteiger partial charge in [0.25, 0.3) is 0 Å². The van der Waals surface area contributed by atoms with E-state index in [-0.39, 0.29) is 5.56 Å². The van der Waals surface area contributed by atoms with Gasteiger partial charge in [-0.1, -0.05) is 19.8 Å². The van der Waals surface area contributed by atoms with E-state index in [0.29, 0.717) is 6.07 Å². The smallest absolute Gasteiger partial charge is 0.335 e. The molecule has 0 bridgehead atoms. The summed E-state index contributed by atoms with van der Waals surface area (Å²) in [5, 5.41) is 8.30. The lowest BCUT2D eigenvalue weighted by atomic mass is 10.2. The number of carbonyl (C=O) groups is 1. The molecular formula is C12H15ClF2O2. The van der Waals surface area contributed by atoms with Crippen molar-refractivity contribution in [2.45, 2.75) is 26.2 Å². The van der Waals surface area contributed by atoms with Gasteiger partial charge in [-0.3, -0.25) is 0 Å². The normalized spacial score (nSPS) is 9.41. The van der Waals surface area contributed by atoms with Crippen LogP contribution in [0.3, 0.4) is 0 Å². The summed E-state index contributed by atoms with van der Waals surface area (Å²) in [5.41, 5.74) is -0.387. The highest BCUT2D eigenvalue weighted by Crippen LogP contribution is 2.07. The lowest BCUT2D eigenvalue weighted by Gasteiger charge is -1.93. The third-order valence-corrected chi connectivity index (χ3v) is 2.11. The maximum atomic E-state index is 12.3. The van der Waals surface area contributed by atoms with Crippen LogP contribution < -0.4 is 0 Å². The van der Waals surface area contributed by atoms with Crippen molar-refractivity contribution in [3.8, 4) is 0 Å². The van der Waals surface area contributed by atoms with E-state index in [1.807, 2.05) is 0 Å². The minimum Gasteiger partial charge on any atom is -0.478 e. The highest BCUT2D eigenvalue weighted by molar-refractivity contribution is 6.17. The molecular weight excluding hydrogens is 250 g/mol. The molecule has 0 amide bonds. The first-order chi connectivity index (χ1) is 8.01. The topological polar surface area (TPSA) is 37.3 Å². The second-order valence-corrected chi connectivity index (χ2v) is 3.74. The molecule has 17 heavy (non-hydrogen) atoms. The number of hydrogen-bond donors (Lipinski definition) is 1. The van der Waals surface area contributed by atoms with Gasteiger partial charge in [-0.2, -0.15) is 0 Å². The monoisotopic (exact) mass is 264 g/mol. The predicted octanol–water partition coefficient (Wildman–Crippen LogP) is 4.08. The largest absolute Gasteiger partial charge is 0.478 e. The summed E-state index contributed by atoms with van der Waals surface area (Å²) in [6.07, 6.45) is 3.73. The zero-order chi connectivity index (χ0) is 13.3. The van der Waals surface area contributed by atoms with E-state index in [1.54, 1.807) is 0 Å². The molecule has 96 valence electrons. The number of unbranched alkanes of at least 4 members (excludes halogenated alkanes) is 2. The molecule has 1 aromatic carbocycles. The van der Waals surface area contributed by atoms with E-state index < -0.39 is 17.6 Å². The Hall–Kier alpha value is -1.16. The van der Waals surface area contributed by atoms with E-state index in [9.17, 15) is 13.6 Å². The van der Waals surface area contributed by atoms with Crippen LogP contribution in [-0.4, -0.2) is 17.0 Å². The van der Waals surface area contributed by atoms with Crippen molar-refractivity contribution < 1.29 is 18.7 Å². The van der Waals surface area contributed by atoms with Crippen molar-refractivity contribution in [1.29, 1.82) is 0 Å². The fraction of sp³-hybridized carbons (Fsp3) is 0.417. The Bertz CT molecular complexity index is 332. The van der Waals surface area contributed by atoms with Crippen LogP contribution in [0.5, 0.6) is 0 Å². The zero-order valence-corrected chi connectivity index (χ0v) is 10.3. The number of carboxylic acid groups (broad SMARTS) is 1. The number of rotatable bonds is 4. The first kappa shape index (κ1) is 15.8. The van der Waals surface area contributed by atoms with E-state index in [2.05, 4.69) is 6.92 Å².